The Hall–Kier alpha value is -2.78. The van der Waals surface area contributed by atoms with Crippen molar-refractivity contribution in [2.24, 2.45) is 69.0 Å². The molecule has 5 fully saturated rings. The van der Waals surface area contributed by atoms with Gasteiger partial charge in [-0.05, 0) is 36.5 Å². The van der Waals surface area contributed by atoms with Gasteiger partial charge in [-0.25, -0.2) is 0 Å². The lowest BCUT2D eigenvalue weighted by Gasteiger charge is -2.65. The summed E-state index contributed by atoms with van der Waals surface area (Å²) in [7, 11) is 4.95. The molecule has 5 aliphatic carbocycles. The van der Waals surface area contributed by atoms with Gasteiger partial charge in [0.25, 0.3) is 0 Å². The highest BCUT2D eigenvalue weighted by molar-refractivity contribution is 6.11. The number of hydrogen-bond acceptors (Lipinski definition) is 10. The van der Waals surface area contributed by atoms with E-state index in [1.165, 1.54) is 28.4 Å². The average Bonchev–Trinajstić information content (AvgIpc) is 3.63. The van der Waals surface area contributed by atoms with Crippen LogP contribution in [0.15, 0.2) is 0 Å². The Morgan fingerprint density at radius 2 is 0.684 bits per heavy atom. The van der Waals surface area contributed by atoms with E-state index in [9.17, 15) is 28.8 Å². The topological polar surface area (TPSA) is 139 Å². The third-order valence-electron chi connectivity index (χ3n) is 12.4. The van der Waals surface area contributed by atoms with Gasteiger partial charge >= 0.3 is 23.9 Å². The number of ketones is 2. The van der Waals surface area contributed by atoms with E-state index < -0.39 is 92.9 Å². The van der Waals surface area contributed by atoms with Crippen LogP contribution >= 0.6 is 0 Å². The van der Waals surface area contributed by atoms with Crippen LogP contribution in [0.4, 0.5) is 0 Å². The van der Waals surface area contributed by atoms with Gasteiger partial charge in [0.05, 0.1) is 52.1 Å². The molecule has 0 aliphatic heterocycles. The molecule has 10 nitrogen and oxygen atoms in total. The largest absolute Gasteiger partial charge is 0.469 e. The number of fused-ring (bicyclic) bond motifs is 10. The Labute approximate surface area is 221 Å². The normalized spacial score (nSPS) is 49.8. The molecule has 4 bridgehead atoms. The van der Waals surface area contributed by atoms with Gasteiger partial charge < -0.3 is 18.9 Å². The van der Waals surface area contributed by atoms with Gasteiger partial charge in [0.15, 0.2) is 0 Å². The first-order chi connectivity index (χ1) is 17.7. The SMILES string of the molecule is COC(=O)[C@@H]1[C@H](C(=O)OC)[C@@H]2C[C@H]1[C@]1(C)C(=O)[C@]3(C)[C@@H]4C[C@@H]([C@@H](C(=O)OC)[C@H]4C(=O)OC)[C@]3(C)C(=O)[C@]21C. The molecular formula is C28H36O10. The van der Waals surface area contributed by atoms with E-state index in [0.29, 0.717) is 12.8 Å². The monoisotopic (exact) mass is 532 g/mol. The molecule has 10 heteroatoms. The van der Waals surface area contributed by atoms with Crippen LogP contribution in [0.5, 0.6) is 0 Å². The Kier molecular flexibility index (Phi) is 5.56. The highest BCUT2D eigenvalue weighted by Crippen LogP contribution is 2.82. The number of Topliss-reactive ketones (excluding diaryl/α,β-unsaturated/α-hetero) is 2. The molecule has 0 amide bonds. The van der Waals surface area contributed by atoms with Crippen molar-refractivity contribution in [1.82, 2.24) is 0 Å². The lowest BCUT2D eigenvalue weighted by Crippen LogP contribution is -2.75. The molecule has 0 spiro atoms. The summed E-state index contributed by atoms with van der Waals surface area (Å²) in [4.78, 5) is 82.1. The standard InChI is InChI=1S/C28H36O10/c1-25-11-9-12(16(20(30)36-6)15(11)19(29)35-5)26(25,2)24(34)28(4)14-10-13(27(28,3)23(25)33)17(21(31)37-7)18(14)22(32)38-8/h11-18H,9-10H2,1-8H3/t11-,12+,13-,14+,15+,16-,17+,18-,25-,26+,27+,28-. The number of methoxy groups -OCH3 is 4. The zero-order chi connectivity index (χ0) is 28.3. The molecule has 0 aromatic heterocycles. The van der Waals surface area contributed by atoms with E-state index in [2.05, 4.69) is 0 Å². The molecule has 0 radical (unpaired) electrons. The Morgan fingerprint density at radius 1 is 0.500 bits per heavy atom. The van der Waals surface area contributed by atoms with Gasteiger partial charge in [-0.2, -0.15) is 0 Å². The summed E-state index contributed by atoms with van der Waals surface area (Å²) in [6, 6.07) is 0. The highest BCUT2D eigenvalue weighted by Gasteiger charge is 2.89. The van der Waals surface area contributed by atoms with Gasteiger partial charge in [0.2, 0.25) is 0 Å². The Bertz CT molecular complexity index is 1000. The summed E-state index contributed by atoms with van der Waals surface area (Å²) in [6.07, 6.45) is 0.624. The molecular weight excluding hydrogens is 496 g/mol. The fourth-order valence-corrected chi connectivity index (χ4v) is 10.5. The van der Waals surface area contributed by atoms with Gasteiger partial charge in [-0.15, -0.1) is 0 Å². The molecule has 0 N–H and O–H groups in total. The summed E-state index contributed by atoms with van der Waals surface area (Å²) in [6.45, 7) is 6.96. The smallest absolute Gasteiger partial charge is 0.309 e. The number of carbonyl (C=O) groups is 6. The number of ether oxygens (including phenoxy) is 4. The van der Waals surface area contributed by atoms with Gasteiger partial charge in [-0.1, -0.05) is 27.7 Å². The first-order valence-electron chi connectivity index (χ1n) is 13.1. The first kappa shape index (κ1) is 26.8. The van der Waals surface area contributed by atoms with E-state index in [4.69, 9.17) is 18.9 Å². The zero-order valence-corrected chi connectivity index (χ0v) is 23.1. The van der Waals surface area contributed by atoms with Crippen LogP contribution < -0.4 is 0 Å². The lowest BCUT2D eigenvalue weighted by atomic mass is 9.34. The number of hydrogen-bond donors (Lipinski definition) is 0. The van der Waals surface area contributed by atoms with Crippen molar-refractivity contribution in [3.05, 3.63) is 0 Å². The predicted octanol–water partition coefficient (Wildman–Crippen LogP) is 1.62. The molecule has 5 aliphatic rings. The zero-order valence-electron chi connectivity index (χ0n) is 23.1. The summed E-state index contributed by atoms with van der Waals surface area (Å²) in [5.74, 6) is -9.08. The number of rotatable bonds is 4. The molecule has 0 unspecified atom stereocenters. The average molecular weight is 533 g/mol. The predicted molar refractivity (Wildman–Crippen MR) is 128 cm³/mol. The van der Waals surface area contributed by atoms with Crippen LogP contribution in [0, 0.1) is 69.0 Å². The van der Waals surface area contributed by atoms with Gasteiger partial charge in [-0.3, -0.25) is 28.8 Å². The molecule has 38 heavy (non-hydrogen) atoms. The maximum absolute atomic E-state index is 15.0. The number of esters is 4. The van der Waals surface area contributed by atoms with Crippen molar-refractivity contribution in [2.45, 2.75) is 40.5 Å². The van der Waals surface area contributed by atoms with Crippen LogP contribution in [0.1, 0.15) is 40.5 Å². The highest BCUT2D eigenvalue weighted by atomic mass is 16.5. The second-order valence-electron chi connectivity index (χ2n) is 12.6. The Morgan fingerprint density at radius 3 is 0.842 bits per heavy atom. The van der Waals surface area contributed by atoms with Gasteiger partial charge in [0.1, 0.15) is 11.6 Å². The van der Waals surface area contributed by atoms with Crippen molar-refractivity contribution in [3.8, 4) is 0 Å². The molecule has 0 aromatic carbocycles. The maximum atomic E-state index is 15.0. The van der Waals surface area contributed by atoms with E-state index >= 15 is 0 Å². The van der Waals surface area contributed by atoms with Crippen molar-refractivity contribution < 1.29 is 47.7 Å². The van der Waals surface area contributed by atoms with Crippen molar-refractivity contribution in [1.29, 1.82) is 0 Å². The van der Waals surface area contributed by atoms with Crippen molar-refractivity contribution in [3.63, 3.8) is 0 Å². The molecule has 0 aromatic rings. The molecule has 0 saturated heterocycles. The minimum Gasteiger partial charge on any atom is -0.469 e. The Balaban J connectivity index is 1.73. The van der Waals surface area contributed by atoms with Crippen LogP contribution in [-0.4, -0.2) is 63.9 Å². The second-order valence-corrected chi connectivity index (χ2v) is 12.6. The fourth-order valence-electron chi connectivity index (χ4n) is 10.5. The van der Waals surface area contributed by atoms with E-state index in [1.54, 1.807) is 27.7 Å². The summed E-state index contributed by atoms with van der Waals surface area (Å²) in [5, 5.41) is 0. The summed E-state index contributed by atoms with van der Waals surface area (Å²) >= 11 is 0. The van der Waals surface area contributed by atoms with E-state index in [0.717, 1.165) is 0 Å². The minimum absolute atomic E-state index is 0.205. The van der Waals surface area contributed by atoms with Crippen LogP contribution in [-0.2, 0) is 47.7 Å². The quantitative estimate of drug-likeness (QED) is 0.388. The van der Waals surface area contributed by atoms with Crippen LogP contribution in [0.2, 0.25) is 0 Å². The second kappa shape index (κ2) is 7.88. The van der Waals surface area contributed by atoms with Crippen molar-refractivity contribution >= 4 is 35.4 Å². The third kappa shape index (κ3) is 2.43. The van der Waals surface area contributed by atoms with Crippen LogP contribution in [0.25, 0.3) is 0 Å². The summed E-state index contributed by atoms with van der Waals surface area (Å²) < 4.78 is 20.3. The number of carbonyl (C=O) groups excluding carboxylic acids is 6. The molecule has 5 saturated carbocycles. The van der Waals surface area contributed by atoms with Crippen molar-refractivity contribution in [2.75, 3.05) is 28.4 Å². The molecule has 5 rings (SSSR count). The first-order valence-corrected chi connectivity index (χ1v) is 13.1. The summed E-state index contributed by atoms with van der Waals surface area (Å²) in [5.41, 5.74) is -5.17. The molecule has 12 atom stereocenters. The third-order valence-corrected chi connectivity index (χ3v) is 12.4. The van der Waals surface area contributed by atoms with Crippen LogP contribution in [0.3, 0.4) is 0 Å². The van der Waals surface area contributed by atoms with E-state index in [1.807, 2.05) is 0 Å². The minimum atomic E-state index is -1.29. The molecule has 0 heterocycles. The fraction of sp³-hybridized carbons (Fsp3) is 0.786. The maximum Gasteiger partial charge on any atom is 0.309 e. The van der Waals surface area contributed by atoms with Gasteiger partial charge in [0, 0.05) is 21.7 Å². The molecule has 208 valence electrons. The van der Waals surface area contributed by atoms with E-state index in [-0.39, 0.29) is 11.6 Å². The lowest BCUT2D eigenvalue weighted by molar-refractivity contribution is -0.212.